The molecule has 3 heterocycles. The summed E-state index contributed by atoms with van der Waals surface area (Å²) < 4.78 is 6.43. The number of benzene rings is 2. The standard InChI is InChI=1S/C21H15ClN6OS/c1-29-18-8-12(2-4-15(18)22)20-14(10-25-28-20)16-6-7-23-21(27-16)26-13-3-5-17-19(9-13)30-11-24-17/h2-11H,1H3,(H,25,28)(H,23,26,27). The molecule has 0 radical (unpaired) electrons. The van der Waals surface area contributed by atoms with E-state index in [0.29, 0.717) is 16.7 Å². The van der Waals surface area contributed by atoms with E-state index in [0.717, 1.165) is 38.4 Å². The molecule has 7 nitrogen and oxygen atoms in total. The number of methoxy groups -OCH3 is 1. The van der Waals surface area contributed by atoms with Crippen LogP contribution in [0.2, 0.25) is 5.02 Å². The van der Waals surface area contributed by atoms with Crippen LogP contribution in [0.15, 0.2) is 60.4 Å². The molecule has 0 unspecified atom stereocenters. The molecule has 0 saturated heterocycles. The van der Waals surface area contributed by atoms with Gasteiger partial charge in [-0.2, -0.15) is 5.10 Å². The Morgan fingerprint density at radius 1 is 1.10 bits per heavy atom. The van der Waals surface area contributed by atoms with Crippen LogP contribution in [0, 0.1) is 0 Å². The number of fused-ring (bicyclic) bond motifs is 1. The SMILES string of the molecule is COc1cc(-c2n[nH]cc2-c2ccnc(Nc3ccc4ncsc4c3)n2)ccc1Cl. The number of halogens is 1. The largest absolute Gasteiger partial charge is 0.495 e. The smallest absolute Gasteiger partial charge is 0.227 e. The highest BCUT2D eigenvalue weighted by Crippen LogP contribution is 2.34. The Hall–Kier alpha value is -3.49. The van der Waals surface area contributed by atoms with E-state index in [2.05, 4.69) is 30.5 Å². The number of H-pyrrole nitrogens is 1. The van der Waals surface area contributed by atoms with Gasteiger partial charge in [0.2, 0.25) is 5.95 Å². The second-order valence-electron chi connectivity index (χ2n) is 6.42. The van der Waals surface area contributed by atoms with Crippen molar-refractivity contribution < 1.29 is 4.74 Å². The Bertz CT molecular complexity index is 1350. The minimum absolute atomic E-state index is 0.497. The minimum Gasteiger partial charge on any atom is -0.495 e. The fourth-order valence-corrected chi connectivity index (χ4v) is 4.05. The highest BCUT2D eigenvalue weighted by Gasteiger charge is 2.14. The molecule has 0 aliphatic heterocycles. The Labute approximate surface area is 180 Å². The molecule has 0 spiro atoms. The second kappa shape index (κ2) is 7.74. The predicted molar refractivity (Wildman–Crippen MR) is 120 cm³/mol. The third-order valence-corrected chi connectivity index (χ3v) is 5.69. The van der Waals surface area contributed by atoms with Crippen LogP contribution in [0.4, 0.5) is 11.6 Å². The number of rotatable bonds is 5. The van der Waals surface area contributed by atoms with E-state index in [1.807, 2.05) is 48.1 Å². The number of thiazole rings is 1. The maximum Gasteiger partial charge on any atom is 0.227 e. The highest BCUT2D eigenvalue weighted by molar-refractivity contribution is 7.16. The van der Waals surface area contributed by atoms with Crippen LogP contribution >= 0.6 is 22.9 Å². The first kappa shape index (κ1) is 18.5. The molecule has 148 valence electrons. The van der Waals surface area contributed by atoms with Crippen molar-refractivity contribution in [2.75, 3.05) is 12.4 Å². The van der Waals surface area contributed by atoms with Crippen LogP contribution in [0.3, 0.4) is 0 Å². The summed E-state index contributed by atoms with van der Waals surface area (Å²) in [6, 6.07) is 13.4. The zero-order valence-electron chi connectivity index (χ0n) is 15.8. The number of nitrogens with zero attached hydrogens (tertiary/aromatic N) is 4. The van der Waals surface area contributed by atoms with E-state index in [9.17, 15) is 0 Å². The average molecular weight is 435 g/mol. The highest BCUT2D eigenvalue weighted by atomic mass is 35.5. The summed E-state index contributed by atoms with van der Waals surface area (Å²) in [5.41, 5.74) is 6.92. The van der Waals surface area contributed by atoms with Crippen LogP contribution in [-0.2, 0) is 0 Å². The lowest BCUT2D eigenvalue weighted by atomic mass is 10.1. The van der Waals surface area contributed by atoms with Crippen molar-refractivity contribution >= 4 is 44.8 Å². The molecule has 0 bridgehead atoms. The maximum atomic E-state index is 6.16. The van der Waals surface area contributed by atoms with Crippen molar-refractivity contribution in [3.63, 3.8) is 0 Å². The quantitative estimate of drug-likeness (QED) is 0.377. The predicted octanol–water partition coefficient (Wildman–Crippen LogP) is 5.55. The van der Waals surface area contributed by atoms with Gasteiger partial charge in [-0.05, 0) is 36.4 Å². The molecule has 2 N–H and O–H groups in total. The number of aromatic amines is 1. The number of hydrogen-bond donors (Lipinski definition) is 2. The number of anilines is 2. The number of hydrogen-bond acceptors (Lipinski definition) is 7. The van der Waals surface area contributed by atoms with E-state index in [-0.39, 0.29) is 0 Å². The van der Waals surface area contributed by atoms with Gasteiger partial charge in [0.15, 0.2) is 0 Å². The summed E-state index contributed by atoms with van der Waals surface area (Å²) in [4.78, 5) is 13.3. The van der Waals surface area contributed by atoms with Gasteiger partial charge in [-0.25, -0.2) is 15.0 Å². The van der Waals surface area contributed by atoms with E-state index < -0.39 is 0 Å². The maximum absolute atomic E-state index is 6.16. The molecular weight excluding hydrogens is 420 g/mol. The van der Waals surface area contributed by atoms with Gasteiger partial charge in [0, 0.05) is 29.2 Å². The second-order valence-corrected chi connectivity index (χ2v) is 7.72. The fraction of sp³-hybridized carbons (Fsp3) is 0.0476. The third-order valence-electron chi connectivity index (χ3n) is 4.58. The monoisotopic (exact) mass is 434 g/mol. The molecule has 0 saturated carbocycles. The van der Waals surface area contributed by atoms with Crippen LogP contribution in [0.25, 0.3) is 32.7 Å². The van der Waals surface area contributed by atoms with Crippen molar-refractivity contribution in [3.8, 4) is 28.3 Å². The molecule has 2 aromatic carbocycles. The third kappa shape index (κ3) is 3.47. The summed E-state index contributed by atoms with van der Waals surface area (Å²) in [5.74, 6) is 1.09. The van der Waals surface area contributed by atoms with Crippen molar-refractivity contribution in [2.24, 2.45) is 0 Å². The average Bonchev–Trinajstić information content (AvgIpc) is 3.43. The van der Waals surface area contributed by atoms with Gasteiger partial charge in [-0.15, -0.1) is 11.3 Å². The van der Waals surface area contributed by atoms with Gasteiger partial charge in [-0.3, -0.25) is 5.10 Å². The first-order valence-electron chi connectivity index (χ1n) is 9.02. The molecule has 5 aromatic rings. The lowest BCUT2D eigenvalue weighted by Crippen LogP contribution is -1.98. The molecule has 0 aliphatic rings. The van der Waals surface area contributed by atoms with Crippen LogP contribution in [0.5, 0.6) is 5.75 Å². The summed E-state index contributed by atoms with van der Waals surface area (Å²) in [6.07, 6.45) is 3.53. The van der Waals surface area contributed by atoms with Crippen molar-refractivity contribution in [1.29, 1.82) is 0 Å². The first-order valence-corrected chi connectivity index (χ1v) is 10.3. The summed E-state index contributed by atoms with van der Waals surface area (Å²) in [7, 11) is 1.59. The van der Waals surface area contributed by atoms with Crippen molar-refractivity contribution in [2.45, 2.75) is 0 Å². The molecule has 30 heavy (non-hydrogen) atoms. The number of aromatic nitrogens is 5. The molecule has 3 aromatic heterocycles. The van der Waals surface area contributed by atoms with Gasteiger partial charge in [0.25, 0.3) is 0 Å². The molecule has 0 amide bonds. The Balaban J connectivity index is 1.48. The summed E-state index contributed by atoms with van der Waals surface area (Å²) in [6.45, 7) is 0. The van der Waals surface area contributed by atoms with Crippen molar-refractivity contribution in [1.82, 2.24) is 25.1 Å². The van der Waals surface area contributed by atoms with Gasteiger partial charge in [-0.1, -0.05) is 17.7 Å². The van der Waals surface area contributed by atoms with Gasteiger partial charge in [0.1, 0.15) is 11.4 Å². The molecule has 0 fully saturated rings. The van der Waals surface area contributed by atoms with E-state index in [1.54, 1.807) is 30.7 Å². The van der Waals surface area contributed by atoms with Crippen LogP contribution < -0.4 is 10.1 Å². The van der Waals surface area contributed by atoms with E-state index in [4.69, 9.17) is 16.3 Å². The Morgan fingerprint density at radius 2 is 2.03 bits per heavy atom. The van der Waals surface area contributed by atoms with Gasteiger partial charge < -0.3 is 10.1 Å². The normalized spacial score (nSPS) is 11.0. The lowest BCUT2D eigenvalue weighted by molar-refractivity contribution is 0.415. The summed E-state index contributed by atoms with van der Waals surface area (Å²) >= 11 is 7.75. The molecule has 0 aliphatic carbocycles. The van der Waals surface area contributed by atoms with E-state index >= 15 is 0 Å². The fourth-order valence-electron chi connectivity index (χ4n) is 3.14. The first-order chi connectivity index (χ1) is 14.7. The Kier molecular flexibility index (Phi) is 4.78. The molecule has 9 heteroatoms. The van der Waals surface area contributed by atoms with Crippen LogP contribution in [0.1, 0.15) is 0 Å². The van der Waals surface area contributed by atoms with Gasteiger partial charge in [0.05, 0.1) is 33.6 Å². The minimum atomic E-state index is 0.497. The lowest BCUT2D eigenvalue weighted by Gasteiger charge is -2.08. The summed E-state index contributed by atoms with van der Waals surface area (Å²) in [5, 5.41) is 11.1. The molecular formula is C21H15ClN6OS. The molecule has 0 atom stereocenters. The Morgan fingerprint density at radius 3 is 2.93 bits per heavy atom. The topological polar surface area (TPSA) is 88.6 Å². The zero-order valence-corrected chi connectivity index (χ0v) is 17.3. The molecule has 5 rings (SSSR count). The van der Waals surface area contributed by atoms with E-state index in [1.165, 1.54) is 0 Å². The zero-order chi connectivity index (χ0) is 20.5. The van der Waals surface area contributed by atoms with Gasteiger partial charge >= 0.3 is 0 Å². The van der Waals surface area contributed by atoms with Crippen LogP contribution in [-0.4, -0.2) is 32.3 Å². The number of ether oxygens (including phenoxy) is 1. The van der Waals surface area contributed by atoms with Crippen molar-refractivity contribution in [3.05, 3.63) is 65.4 Å². The number of nitrogens with one attached hydrogen (secondary N) is 2.